The van der Waals surface area contributed by atoms with Gasteiger partial charge in [-0.1, -0.05) is 48.2 Å². The van der Waals surface area contributed by atoms with Crippen LogP contribution in [0.3, 0.4) is 0 Å². The molecule has 0 aromatic heterocycles. The summed E-state index contributed by atoms with van der Waals surface area (Å²) in [6.07, 6.45) is 6.25. The van der Waals surface area contributed by atoms with Crippen molar-refractivity contribution in [1.82, 2.24) is 0 Å². The maximum absolute atomic E-state index is 13.1. The average molecular weight is 314 g/mol. The summed E-state index contributed by atoms with van der Waals surface area (Å²) < 4.78 is 13.9. The van der Waals surface area contributed by atoms with Gasteiger partial charge in [-0.05, 0) is 42.4 Å². The zero-order chi connectivity index (χ0) is 13.1. The van der Waals surface area contributed by atoms with Crippen LogP contribution in [0.4, 0.5) is 4.39 Å². The van der Waals surface area contributed by atoms with Gasteiger partial charge in [-0.15, -0.1) is 0 Å². The largest absolute Gasteiger partial charge is 0.324 e. The van der Waals surface area contributed by atoms with Gasteiger partial charge in [0.15, 0.2) is 0 Å². The average Bonchev–Trinajstić information content (AvgIpc) is 2.38. The zero-order valence-electron chi connectivity index (χ0n) is 10.8. The van der Waals surface area contributed by atoms with Crippen LogP contribution in [-0.4, -0.2) is 0 Å². The van der Waals surface area contributed by atoms with Crippen molar-refractivity contribution in [1.29, 1.82) is 0 Å². The Labute approximate surface area is 117 Å². The Kier molecular flexibility index (Phi) is 4.79. The highest BCUT2D eigenvalue weighted by Crippen LogP contribution is 2.38. The molecule has 0 radical (unpaired) electrons. The van der Waals surface area contributed by atoms with E-state index in [0.29, 0.717) is 5.92 Å². The predicted octanol–water partition coefficient (Wildman–Crippen LogP) is 4.80. The second-order valence-electron chi connectivity index (χ2n) is 5.38. The van der Waals surface area contributed by atoms with Crippen LogP contribution >= 0.6 is 15.9 Å². The molecule has 1 atom stereocenters. The SMILES string of the molecule is CCC1CCC(C(N)c2ccc(F)cc2Br)CC1. The molecule has 1 nitrogen and oxygen atoms in total. The van der Waals surface area contributed by atoms with Gasteiger partial charge >= 0.3 is 0 Å². The van der Waals surface area contributed by atoms with Crippen molar-refractivity contribution in [2.24, 2.45) is 17.6 Å². The molecule has 0 bridgehead atoms. The van der Waals surface area contributed by atoms with E-state index in [9.17, 15) is 4.39 Å². The molecular formula is C15H21BrFN. The van der Waals surface area contributed by atoms with Crippen LogP contribution in [0, 0.1) is 17.7 Å². The molecule has 1 aromatic rings. The van der Waals surface area contributed by atoms with Crippen LogP contribution in [-0.2, 0) is 0 Å². The third kappa shape index (κ3) is 3.12. The first-order valence-electron chi connectivity index (χ1n) is 6.82. The van der Waals surface area contributed by atoms with Crippen LogP contribution in [0.2, 0.25) is 0 Å². The Bertz CT molecular complexity index is 399. The molecule has 0 amide bonds. The number of halogens is 2. The molecule has 0 heterocycles. The summed E-state index contributed by atoms with van der Waals surface area (Å²) >= 11 is 3.42. The molecule has 18 heavy (non-hydrogen) atoms. The molecule has 1 saturated carbocycles. The molecule has 1 unspecified atom stereocenters. The fourth-order valence-electron chi connectivity index (χ4n) is 2.98. The minimum atomic E-state index is -0.215. The molecule has 3 heteroatoms. The fraction of sp³-hybridized carbons (Fsp3) is 0.600. The Hall–Kier alpha value is -0.410. The maximum atomic E-state index is 13.1. The lowest BCUT2D eigenvalue weighted by molar-refractivity contribution is 0.239. The second kappa shape index (κ2) is 6.16. The summed E-state index contributed by atoms with van der Waals surface area (Å²) in [5, 5.41) is 0. The normalized spacial score (nSPS) is 26.0. The molecule has 1 fully saturated rings. The van der Waals surface area contributed by atoms with Gasteiger partial charge in [0.25, 0.3) is 0 Å². The molecule has 0 aliphatic heterocycles. The second-order valence-corrected chi connectivity index (χ2v) is 6.24. The molecule has 2 N–H and O–H groups in total. The van der Waals surface area contributed by atoms with E-state index < -0.39 is 0 Å². The lowest BCUT2D eigenvalue weighted by Crippen LogP contribution is -2.26. The molecule has 0 spiro atoms. The van der Waals surface area contributed by atoms with Crippen molar-refractivity contribution in [3.8, 4) is 0 Å². The van der Waals surface area contributed by atoms with Crippen LogP contribution < -0.4 is 5.73 Å². The van der Waals surface area contributed by atoms with E-state index in [1.807, 2.05) is 6.07 Å². The van der Waals surface area contributed by atoms with E-state index in [2.05, 4.69) is 22.9 Å². The van der Waals surface area contributed by atoms with E-state index in [1.165, 1.54) is 44.2 Å². The van der Waals surface area contributed by atoms with Crippen molar-refractivity contribution < 1.29 is 4.39 Å². The molecule has 1 aliphatic rings. The third-order valence-corrected chi connectivity index (χ3v) is 4.99. The minimum absolute atomic E-state index is 0.0257. The van der Waals surface area contributed by atoms with Gasteiger partial charge in [0.05, 0.1) is 0 Å². The van der Waals surface area contributed by atoms with Gasteiger partial charge < -0.3 is 5.73 Å². The van der Waals surface area contributed by atoms with Gasteiger partial charge in [-0.25, -0.2) is 4.39 Å². The highest BCUT2D eigenvalue weighted by molar-refractivity contribution is 9.10. The Balaban J connectivity index is 2.05. The first-order valence-corrected chi connectivity index (χ1v) is 7.61. The van der Waals surface area contributed by atoms with Crippen LogP contribution in [0.25, 0.3) is 0 Å². The first kappa shape index (κ1) is 14.0. The van der Waals surface area contributed by atoms with E-state index in [1.54, 1.807) is 0 Å². The highest BCUT2D eigenvalue weighted by atomic mass is 79.9. The number of hydrogen-bond acceptors (Lipinski definition) is 1. The topological polar surface area (TPSA) is 26.0 Å². The Morgan fingerprint density at radius 1 is 1.33 bits per heavy atom. The number of nitrogens with two attached hydrogens (primary N) is 1. The highest BCUT2D eigenvalue weighted by Gasteiger charge is 2.26. The van der Waals surface area contributed by atoms with E-state index in [-0.39, 0.29) is 11.9 Å². The summed E-state index contributed by atoms with van der Waals surface area (Å²) in [5.41, 5.74) is 7.39. The van der Waals surface area contributed by atoms with E-state index in [4.69, 9.17) is 5.73 Å². The zero-order valence-corrected chi connectivity index (χ0v) is 12.4. The molecule has 1 aliphatic carbocycles. The molecule has 0 saturated heterocycles. The van der Waals surface area contributed by atoms with Gasteiger partial charge in [0, 0.05) is 10.5 Å². The van der Waals surface area contributed by atoms with Crippen molar-refractivity contribution in [2.45, 2.75) is 45.1 Å². The maximum Gasteiger partial charge on any atom is 0.124 e. The fourth-order valence-corrected chi connectivity index (χ4v) is 3.60. The van der Waals surface area contributed by atoms with Gasteiger partial charge in [0.2, 0.25) is 0 Å². The quantitative estimate of drug-likeness (QED) is 0.852. The van der Waals surface area contributed by atoms with Crippen molar-refractivity contribution >= 4 is 15.9 Å². The Morgan fingerprint density at radius 2 is 2.00 bits per heavy atom. The van der Waals surface area contributed by atoms with E-state index in [0.717, 1.165) is 16.0 Å². The van der Waals surface area contributed by atoms with Crippen LogP contribution in [0.15, 0.2) is 22.7 Å². The number of hydrogen-bond donors (Lipinski definition) is 1. The van der Waals surface area contributed by atoms with Crippen molar-refractivity contribution in [3.63, 3.8) is 0 Å². The smallest absolute Gasteiger partial charge is 0.124 e. The molecule has 100 valence electrons. The Morgan fingerprint density at radius 3 is 2.56 bits per heavy atom. The number of rotatable bonds is 3. The lowest BCUT2D eigenvalue weighted by Gasteiger charge is -2.32. The standard InChI is InChI=1S/C15H21BrFN/c1-2-10-3-5-11(6-4-10)15(18)13-8-7-12(17)9-14(13)16/h7-11,15H,2-6,18H2,1H3. The van der Waals surface area contributed by atoms with Crippen molar-refractivity contribution in [2.75, 3.05) is 0 Å². The van der Waals surface area contributed by atoms with Gasteiger partial charge in [-0.2, -0.15) is 0 Å². The predicted molar refractivity (Wildman–Crippen MR) is 76.8 cm³/mol. The summed E-state index contributed by atoms with van der Waals surface area (Å²) in [7, 11) is 0. The first-order chi connectivity index (χ1) is 8.61. The summed E-state index contributed by atoms with van der Waals surface area (Å²) in [6.45, 7) is 2.27. The lowest BCUT2D eigenvalue weighted by atomic mass is 9.76. The van der Waals surface area contributed by atoms with Crippen LogP contribution in [0.5, 0.6) is 0 Å². The molecular weight excluding hydrogens is 293 g/mol. The molecule has 2 rings (SSSR count). The molecule has 1 aromatic carbocycles. The van der Waals surface area contributed by atoms with Gasteiger partial charge in [-0.3, -0.25) is 0 Å². The monoisotopic (exact) mass is 313 g/mol. The third-order valence-electron chi connectivity index (χ3n) is 4.30. The summed E-state index contributed by atoms with van der Waals surface area (Å²) in [5.74, 6) is 1.20. The van der Waals surface area contributed by atoms with Crippen molar-refractivity contribution in [3.05, 3.63) is 34.1 Å². The summed E-state index contributed by atoms with van der Waals surface area (Å²) in [4.78, 5) is 0. The summed E-state index contributed by atoms with van der Waals surface area (Å²) in [6, 6.07) is 4.85. The minimum Gasteiger partial charge on any atom is -0.324 e. The van der Waals surface area contributed by atoms with E-state index >= 15 is 0 Å². The number of benzene rings is 1. The van der Waals surface area contributed by atoms with Gasteiger partial charge in [0.1, 0.15) is 5.82 Å². The van der Waals surface area contributed by atoms with Crippen LogP contribution in [0.1, 0.15) is 50.6 Å².